The van der Waals surface area contributed by atoms with Gasteiger partial charge in [0.1, 0.15) is 11.5 Å². The number of carbonyl (C=O) groups is 4. The first-order valence-corrected chi connectivity index (χ1v) is 49.1. The molecule has 126 heavy (non-hydrogen) atoms. The molecule has 674 valence electrons. The molecule has 16 bridgehead atoms. The average Bonchev–Trinajstić information content (AvgIpc) is 1.58. The minimum atomic E-state index is -0.319. The third-order valence-electron chi connectivity index (χ3n) is 28.5. The van der Waals surface area contributed by atoms with E-state index in [1.54, 1.807) is 24.3 Å². The lowest BCUT2D eigenvalue weighted by Gasteiger charge is -2.17. The summed E-state index contributed by atoms with van der Waals surface area (Å²) in [6, 6.07) is 6.73. The predicted molar refractivity (Wildman–Crippen MR) is 515 cm³/mol. The van der Waals surface area contributed by atoms with Crippen LogP contribution in [0.4, 0.5) is 0 Å². The Hall–Kier alpha value is -9.84. The van der Waals surface area contributed by atoms with Crippen LogP contribution in [0.25, 0.3) is 0 Å². The maximum Gasteiger partial charge on any atom is 0.305 e. The summed E-state index contributed by atoms with van der Waals surface area (Å²) in [6.45, 7) is 26.6. The van der Waals surface area contributed by atoms with E-state index in [-0.39, 0.29) is 84.9 Å². The summed E-state index contributed by atoms with van der Waals surface area (Å²) in [4.78, 5) is 88.1. The lowest BCUT2D eigenvalue weighted by Crippen LogP contribution is -2.27. The predicted octanol–water partition coefficient (Wildman–Crippen LogP) is 25.7. The number of aliphatic imine (C=N–C) groups is 6. The molecule has 10 aliphatic heterocycles. The van der Waals surface area contributed by atoms with Gasteiger partial charge in [-0.1, -0.05) is 234 Å². The number of unbranched alkanes of at least 4 members (excludes halogenated alkanes) is 30. The van der Waals surface area contributed by atoms with Crippen molar-refractivity contribution in [1.29, 1.82) is 0 Å². The number of esters is 2. The topological polar surface area (TPSA) is 249 Å². The van der Waals surface area contributed by atoms with E-state index in [0.29, 0.717) is 61.4 Å². The van der Waals surface area contributed by atoms with Crippen LogP contribution in [0.2, 0.25) is 0 Å². The van der Waals surface area contributed by atoms with E-state index in [4.69, 9.17) is 39.4 Å². The molecule has 2 saturated heterocycles. The van der Waals surface area contributed by atoms with E-state index in [1.807, 2.05) is 52.0 Å². The van der Waals surface area contributed by atoms with Crippen LogP contribution >= 0.6 is 0 Å². The standard InChI is InChI=1S/C108H144N10O8/c1-13-17-19-21-23-25-27-29-31-33-35-37-39-41-43-45-55-125-99(121)53-51-79-69(7)89-59-85-71(9)83(95(113-85)61-87-67(5)77(15-3)93(111-87)63-91-73(11)101-97(119)57-81(103(79)115-89)105(101)117-91)65-109-107(123)75-47-49-76(50-48-75)108(124)110-66-84-72(10)86-60-90-70(8)80(52-54-100(122)126-56-46-44-42-40-38-36-34-32-30-28-26-24-22-20-18-14-2)104(116-90)82-58-98(120)102-74(12)92(118-106(82)102)64-94-78(16-4)68(6)88(112-94)62-96(84)114-86/h47-50,59-64,69-70,79-80,115-116,119-120H,13-46,51-58,65-66H2,1-12H3,(H,109,123)(H,110,124)/t69-,70-,79-,80-/m0/s1. The zero-order chi connectivity index (χ0) is 88.9. The molecule has 18 nitrogen and oxygen atoms in total. The Morgan fingerprint density at radius 2 is 0.675 bits per heavy atom. The van der Waals surface area contributed by atoms with Crippen molar-refractivity contribution >= 4 is 58.0 Å². The van der Waals surface area contributed by atoms with Gasteiger partial charge in [-0.05, 0) is 185 Å². The molecule has 0 spiro atoms. The fraction of sp³-hybridized carbons (Fsp3) is 0.556. The van der Waals surface area contributed by atoms with Gasteiger partial charge in [-0.25, -0.2) is 30.0 Å². The number of aliphatic hydroxyl groups excluding tert-OH is 2. The van der Waals surface area contributed by atoms with E-state index >= 15 is 0 Å². The Kier molecular flexibility index (Phi) is 33.7. The van der Waals surface area contributed by atoms with Crippen LogP contribution in [0, 0.1) is 23.7 Å². The van der Waals surface area contributed by atoms with E-state index in [1.165, 1.54) is 167 Å². The zero-order valence-corrected chi connectivity index (χ0v) is 78.2. The van der Waals surface area contributed by atoms with Gasteiger partial charge < -0.3 is 41.0 Å². The number of benzene rings is 1. The summed E-state index contributed by atoms with van der Waals surface area (Å²) in [5, 5.41) is 37.7. The quantitative estimate of drug-likeness (QED) is 0.0266. The molecule has 13 rings (SSSR count). The molecule has 6 N–H and O–H groups in total. The van der Waals surface area contributed by atoms with Gasteiger partial charge in [-0.15, -0.1) is 0 Å². The maximum atomic E-state index is 14.5. The summed E-state index contributed by atoms with van der Waals surface area (Å²) in [5.41, 5.74) is 26.4. The Labute approximate surface area is 752 Å². The molecule has 4 atom stereocenters. The number of nitrogens with zero attached hydrogens (tertiary/aromatic N) is 6. The fourth-order valence-corrected chi connectivity index (χ4v) is 20.4. The monoisotopic (exact) mass is 1710 g/mol. The van der Waals surface area contributed by atoms with Crippen molar-refractivity contribution in [2.45, 2.75) is 340 Å². The minimum Gasteiger partial charge on any atom is -0.511 e. The second kappa shape index (κ2) is 45.2. The molecule has 0 saturated carbocycles. The Morgan fingerprint density at radius 1 is 0.381 bits per heavy atom. The van der Waals surface area contributed by atoms with Gasteiger partial charge in [0.2, 0.25) is 0 Å². The Balaban J connectivity index is 0.656. The highest BCUT2D eigenvalue weighted by molar-refractivity contribution is 6.23. The molecule has 0 radical (unpaired) electrons. The summed E-state index contributed by atoms with van der Waals surface area (Å²) in [5.74, 6) is -0.845. The second-order valence-corrected chi connectivity index (χ2v) is 37.3. The molecule has 2 aliphatic carbocycles. The van der Waals surface area contributed by atoms with Crippen molar-refractivity contribution in [3.05, 3.63) is 218 Å². The van der Waals surface area contributed by atoms with Crippen LogP contribution in [0.5, 0.6) is 0 Å². The van der Waals surface area contributed by atoms with Gasteiger partial charge in [-0.3, -0.25) is 19.2 Å². The van der Waals surface area contributed by atoms with Crippen LogP contribution in [-0.2, 0) is 19.1 Å². The number of hydrogen-bond donors (Lipinski definition) is 6. The molecule has 0 unspecified atom stereocenters. The number of fused-ring (bicyclic) bond motifs is 10. The largest absolute Gasteiger partial charge is 0.511 e. The number of amides is 2. The lowest BCUT2D eigenvalue weighted by molar-refractivity contribution is -0.145. The summed E-state index contributed by atoms with van der Waals surface area (Å²) in [7, 11) is 0. The summed E-state index contributed by atoms with van der Waals surface area (Å²) < 4.78 is 11.8. The van der Waals surface area contributed by atoms with Crippen LogP contribution in [0.1, 0.15) is 361 Å². The highest BCUT2D eigenvalue weighted by Gasteiger charge is 2.44. The molecule has 0 aromatic heterocycles. The average molecular weight is 1710 g/mol. The van der Waals surface area contributed by atoms with Crippen molar-refractivity contribution < 1.29 is 38.9 Å². The van der Waals surface area contributed by atoms with Gasteiger partial charge in [0, 0.05) is 130 Å². The van der Waals surface area contributed by atoms with Crippen LogP contribution in [-0.4, -0.2) is 94.5 Å². The number of ether oxygens (including phenoxy) is 2. The van der Waals surface area contributed by atoms with Crippen molar-refractivity contribution in [2.75, 3.05) is 26.3 Å². The van der Waals surface area contributed by atoms with Gasteiger partial charge in [0.25, 0.3) is 11.8 Å². The van der Waals surface area contributed by atoms with Crippen LogP contribution < -0.4 is 21.3 Å². The third-order valence-corrected chi connectivity index (χ3v) is 28.5. The number of rotatable bonds is 48. The van der Waals surface area contributed by atoms with E-state index in [0.717, 1.165) is 209 Å². The highest BCUT2D eigenvalue weighted by Crippen LogP contribution is 2.50. The van der Waals surface area contributed by atoms with Crippen LogP contribution in [0.3, 0.4) is 0 Å². The van der Waals surface area contributed by atoms with Crippen molar-refractivity contribution in [1.82, 2.24) is 21.3 Å². The van der Waals surface area contributed by atoms with Gasteiger partial charge in [0.15, 0.2) is 0 Å². The summed E-state index contributed by atoms with van der Waals surface area (Å²) in [6.07, 6.45) is 57.1. The molecule has 1 aromatic carbocycles. The first kappa shape index (κ1) is 93.8. The molecular formula is C108H144N10O8. The van der Waals surface area contributed by atoms with Gasteiger partial charge >= 0.3 is 11.9 Å². The van der Waals surface area contributed by atoms with Crippen molar-refractivity contribution in [2.24, 2.45) is 53.6 Å². The maximum absolute atomic E-state index is 14.5. The van der Waals surface area contributed by atoms with Crippen molar-refractivity contribution in [3.63, 3.8) is 0 Å². The first-order valence-electron chi connectivity index (χ1n) is 49.1. The van der Waals surface area contributed by atoms with Gasteiger partial charge in [0.05, 0.1) is 81.7 Å². The second-order valence-electron chi connectivity index (χ2n) is 37.3. The molecule has 2 fully saturated rings. The number of aliphatic hydroxyl groups is 2. The number of carbonyl (C=O) groups excluding carboxylic acids is 4. The first-order chi connectivity index (χ1) is 61.2. The number of allylic oxidation sites excluding steroid dienone is 22. The fourth-order valence-electron chi connectivity index (χ4n) is 20.4. The molecule has 18 heteroatoms. The molecule has 1 aromatic rings. The van der Waals surface area contributed by atoms with E-state index < -0.39 is 0 Å². The Bertz CT molecular complexity index is 4780. The number of nitrogens with one attached hydrogen (secondary N) is 4. The number of hydrogen-bond acceptors (Lipinski definition) is 16. The highest BCUT2D eigenvalue weighted by atomic mass is 16.5. The van der Waals surface area contributed by atoms with Gasteiger partial charge in [-0.2, -0.15) is 0 Å². The normalized spacial score (nSPS) is 20.5. The van der Waals surface area contributed by atoms with E-state index in [9.17, 15) is 29.4 Å². The Morgan fingerprint density at radius 3 is 0.992 bits per heavy atom. The smallest absolute Gasteiger partial charge is 0.305 e. The lowest BCUT2D eigenvalue weighted by atomic mass is 9.86. The molecule has 2 amide bonds. The summed E-state index contributed by atoms with van der Waals surface area (Å²) >= 11 is 0. The molecule has 10 heterocycles. The van der Waals surface area contributed by atoms with Crippen molar-refractivity contribution in [3.8, 4) is 0 Å². The SMILES string of the molecule is CCCCCCCCCCCCCCCCCCOC(=O)CC[C@@H]1C2=C3CC(O)=C4C3=NC(=C4C)C=C3N=C(C=C4N=C(C=C(N2)[C@H]1C)C(C)=C4CNC(=O)c1ccc(C(=O)NCC2=C(C)C4=NC2=CC2=NC(=CC5=C(C)C6=C(O)CC(=C7NC(=C4)[C@@H](C)[C@@H]7CCC(=O)OCCCCCCCCCCCCCCCCCC)C6=N5)C(CC)=C2C)cc1)C(C)=C3CC. The zero-order valence-electron chi connectivity index (χ0n) is 78.2. The van der Waals surface area contributed by atoms with Crippen LogP contribution in [0.15, 0.2) is 237 Å². The third kappa shape index (κ3) is 22.6. The molecule has 12 aliphatic rings. The molecular weight excluding hydrogens is 1570 g/mol. The minimum absolute atomic E-state index is 0.0725. The van der Waals surface area contributed by atoms with E-state index in [2.05, 4.69) is 88.8 Å².